The van der Waals surface area contributed by atoms with Crippen molar-refractivity contribution in [3.8, 4) is 0 Å². The third-order valence-electron chi connectivity index (χ3n) is 6.41. The first-order valence-corrected chi connectivity index (χ1v) is 11.3. The highest BCUT2D eigenvalue weighted by molar-refractivity contribution is 6.06. The zero-order valence-corrected chi connectivity index (χ0v) is 18.7. The molecule has 2 aliphatic heterocycles. The van der Waals surface area contributed by atoms with Gasteiger partial charge in [-0.1, -0.05) is 48.5 Å². The number of carbonyl (C=O) groups is 1. The van der Waals surface area contributed by atoms with Crippen molar-refractivity contribution in [1.82, 2.24) is 19.5 Å². The molecule has 4 aromatic rings. The van der Waals surface area contributed by atoms with Gasteiger partial charge in [0, 0.05) is 5.56 Å². The van der Waals surface area contributed by atoms with E-state index in [1.54, 1.807) is 35.2 Å². The highest BCUT2D eigenvalue weighted by Crippen LogP contribution is 2.47. The number of aliphatic hydroxyl groups is 1. The number of hydrogen-bond acceptors (Lipinski definition) is 8. The van der Waals surface area contributed by atoms with Gasteiger partial charge in [0.05, 0.1) is 26.1 Å². The molecule has 1 amide bonds. The van der Waals surface area contributed by atoms with E-state index in [-0.39, 0.29) is 19.1 Å². The molecule has 2 N–H and O–H groups in total. The monoisotopic (exact) mass is 473 g/mol. The number of aliphatic hydroxyl groups excluding tert-OH is 1. The first-order valence-electron chi connectivity index (χ1n) is 11.3. The quantitative estimate of drug-likeness (QED) is 0.420. The van der Waals surface area contributed by atoms with Crippen LogP contribution in [0.4, 0.5) is 5.82 Å². The normalized spacial score (nSPS) is 25.2. The smallest absolute Gasteiger partial charge is 0.256 e. The standard InChI is InChI=1S/C25H23N5O5/c31-12-25-13-34-19(20(25)33-11-16-7-3-1-4-8-16)24(35-25)30-15-28-18-21(26-14-27-22(18)30)29-23(32)17-9-5-2-6-10-17/h1-10,14-15,19-20,24,31H,11-13H2,(H,26,27,29,32)/t19-,20+,24+,25+/m0/s1. The molecule has 0 radical (unpaired) electrons. The van der Waals surface area contributed by atoms with Gasteiger partial charge in [0.25, 0.3) is 5.91 Å². The van der Waals surface area contributed by atoms with Gasteiger partial charge in [-0.2, -0.15) is 0 Å². The van der Waals surface area contributed by atoms with Crippen LogP contribution in [0.1, 0.15) is 22.1 Å². The maximum atomic E-state index is 12.6. The molecule has 0 unspecified atom stereocenters. The van der Waals surface area contributed by atoms with Gasteiger partial charge in [-0.15, -0.1) is 0 Å². The first-order chi connectivity index (χ1) is 17.2. The Morgan fingerprint density at radius 1 is 1.11 bits per heavy atom. The molecule has 2 aliphatic rings. The Kier molecular flexibility index (Phi) is 5.50. The van der Waals surface area contributed by atoms with Crippen LogP contribution in [0.15, 0.2) is 73.3 Å². The predicted octanol–water partition coefficient (Wildman–Crippen LogP) is 2.32. The fourth-order valence-electron chi connectivity index (χ4n) is 4.64. The molecule has 35 heavy (non-hydrogen) atoms. The Morgan fingerprint density at radius 2 is 1.89 bits per heavy atom. The molecule has 2 saturated heterocycles. The Hall–Kier alpha value is -3.70. The van der Waals surface area contributed by atoms with E-state index in [1.807, 2.05) is 36.4 Å². The van der Waals surface area contributed by atoms with Crippen molar-refractivity contribution in [2.45, 2.75) is 30.6 Å². The van der Waals surface area contributed by atoms with Crippen molar-refractivity contribution in [3.05, 3.63) is 84.4 Å². The molecule has 0 spiro atoms. The summed E-state index contributed by atoms with van der Waals surface area (Å²) in [6.07, 6.45) is 1.37. The molecular weight excluding hydrogens is 450 g/mol. The first kappa shape index (κ1) is 21.8. The van der Waals surface area contributed by atoms with Crippen LogP contribution in [-0.4, -0.2) is 61.6 Å². The minimum atomic E-state index is -0.988. The average molecular weight is 473 g/mol. The average Bonchev–Trinajstić information content (AvgIpc) is 3.59. The van der Waals surface area contributed by atoms with Crippen molar-refractivity contribution < 1.29 is 24.1 Å². The van der Waals surface area contributed by atoms with Gasteiger partial charge in [-0.25, -0.2) is 15.0 Å². The third-order valence-corrected chi connectivity index (χ3v) is 6.41. The van der Waals surface area contributed by atoms with E-state index in [9.17, 15) is 9.90 Å². The fourth-order valence-corrected chi connectivity index (χ4v) is 4.64. The Bertz CT molecular complexity index is 1350. The molecule has 0 aliphatic carbocycles. The Labute approximate surface area is 200 Å². The van der Waals surface area contributed by atoms with Crippen molar-refractivity contribution >= 4 is 22.9 Å². The molecule has 10 nitrogen and oxygen atoms in total. The van der Waals surface area contributed by atoms with E-state index in [0.29, 0.717) is 29.2 Å². The third kappa shape index (κ3) is 3.76. The van der Waals surface area contributed by atoms with Gasteiger partial charge in [0.1, 0.15) is 24.1 Å². The van der Waals surface area contributed by atoms with E-state index < -0.39 is 24.0 Å². The van der Waals surface area contributed by atoms with E-state index in [0.717, 1.165) is 5.56 Å². The number of hydrogen-bond donors (Lipinski definition) is 2. The summed E-state index contributed by atoms with van der Waals surface area (Å²) in [5, 5.41) is 13.0. The van der Waals surface area contributed by atoms with Gasteiger partial charge in [0.15, 0.2) is 23.2 Å². The summed E-state index contributed by atoms with van der Waals surface area (Å²) >= 11 is 0. The summed E-state index contributed by atoms with van der Waals surface area (Å²) in [6, 6.07) is 18.7. The van der Waals surface area contributed by atoms with Crippen LogP contribution in [0, 0.1) is 0 Å². The lowest BCUT2D eigenvalue weighted by Crippen LogP contribution is -2.45. The highest BCUT2D eigenvalue weighted by atomic mass is 16.7. The lowest BCUT2D eigenvalue weighted by atomic mass is 10.00. The minimum absolute atomic E-state index is 0.226. The van der Waals surface area contributed by atoms with E-state index in [1.165, 1.54) is 6.33 Å². The lowest BCUT2D eigenvalue weighted by Gasteiger charge is -2.29. The Balaban J connectivity index is 1.27. The molecule has 4 heterocycles. The van der Waals surface area contributed by atoms with Crippen LogP contribution >= 0.6 is 0 Å². The summed E-state index contributed by atoms with van der Waals surface area (Å²) in [7, 11) is 0. The highest BCUT2D eigenvalue weighted by Gasteiger charge is 2.63. The topological polar surface area (TPSA) is 121 Å². The molecule has 10 heteroatoms. The van der Waals surface area contributed by atoms with Gasteiger partial charge in [-0.3, -0.25) is 9.36 Å². The van der Waals surface area contributed by atoms with Crippen molar-refractivity contribution in [1.29, 1.82) is 0 Å². The van der Waals surface area contributed by atoms with Gasteiger partial charge in [-0.05, 0) is 17.7 Å². The van der Waals surface area contributed by atoms with Gasteiger partial charge >= 0.3 is 0 Å². The summed E-state index contributed by atoms with van der Waals surface area (Å²) in [6.45, 7) is 0.343. The number of fused-ring (bicyclic) bond motifs is 3. The fraction of sp³-hybridized carbons (Fsp3) is 0.280. The van der Waals surface area contributed by atoms with Crippen LogP contribution in [0.2, 0.25) is 0 Å². The summed E-state index contributed by atoms with van der Waals surface area (Å²) in [5.41, 5.74) is 1.43. The van der Waals surface area contributed by atoms with E-state index in [4.69, 9.17) is 14.2 Å². The number of rotatable bonds is 7. The van der Waals surface area contributed by atoms with E-state index >= 15 is 0 Å². The SMILES string of the molecule is O=C(Nc1ncnc2c1ncn2[C@@H]1O[C@]2(CO)CO[C@H]1[C@H]2OCc1ccccc1)c1ccccc1. The molecule has 178 valence electrons. The van der Waals surface area contributed by atoms with Crippen molar-refractivity contribution in [3.63, 3.8) is 0 Å². The lowest BCUT2D eigenvalue weighted by molar-refractivity contribution is -0.187. The van der Waals surface area contributed by atoms with Crippen molar-refractivity contribution in [2.24, 2.45) is 0 Å². The van der Waals surface area contributed by atoms with Crippen LogP contribution in [0.3, 0.4) is 0 Å². The second-order valence-corrected chi connectivity index (χ2v) is 8.59. The summed E-state index contributed by atoms with van der Waals surface area (Å²) in [4.78, 5) is 25.7. The number of aromatic nitrogens is 4. The van der Waals surface area contributed by atoms with Crippen LogP contribution in [0.5, 0.6) is 0 Å². The number of benzene rings is 2. The molecule has 2 aromatic carbocycles. The van der Waals surface area contributed by atoms with Gasteiger partial charge < -0.3 is 24.6 Å². The molecule has 4 atom stereocenters. The number of amides is 1. The largest absolute Gasteiger partial charge is 0.393 e. The zero-order valence-electron chi connectivity index (χ0n) is 18.7. The molecular formula is C25H23N5O5. The van der Waals surface area contributed by atoms with Crippen LogP contribution in [0.25, 0.3) is 11.2 Å². The summed E-state index contributed by atoms with van der Waals surface area (Å²) < 4.78 is 20.3. The number of carbonyl (C=O) groups excluding carboxylic acids is 1. The van der Waals surface area contributed by atoms with Crippen LogP contribution in [-0.2, 0) is 20.8 Å². The molecule has 2 fully saturated rings. The number of anilines is 1. The molecule has 6 rings (SSSR count). The Morgan fingerprint density at radius 3 is 2.66 bits per heavy atom. The van der Waals surface area contributed by atoms with Crippen molar-refractivity contribution in [2.75, 3.05) is 18.5 Å². The predicted molar refractivity (Wildman–Crippen MR) is 124 cm³/mol. The second kappa shape index (κ2) is 8.82. The second-order valence-electron chi connectivity index (χ2n) is 8.59. The maximum Gasteiger partial charge on any atom is 0.256 e. The van der Waals surface area contributed by atoms with E-state index in [2.05, 4.69) is 20.3 Å². The number of nitrogens with one attached hydrogen (secondary N) is 1. The van der Waals surface area contributed by atoms with Gasteiger partial charge in [0.2, 0.25) is 0 Å². The van der Waals surface area contributed by atoms with Crippen LogP contribution < -0.4 is 5.32 Å². The molecule has 0 saturated carbocycles. The summed E-state index contributed by atoms with van der Waals surface area (Å²) in [5.74, 6) is -0.00584. The minimum Gasteiger partial charge on any atom is -0.393 e. The zero-order chi connectivity index (χ0) is 23.8. The number of nitrogens with zero attached hydrogens (tertiary/aromatic N) is 4. The molecule has 2 aromatic heterocycles. The maximum absolute atomic E-state index is 12.6. The number of ether oxygens (including phenoxy) is 3. The number of imidazole rings is 1. The molecule has 2 bridgehead atoms.